The first-order valence-electron chi connectivity index (χ1n) is 5.35. The number of rotatable bonds is 7. The normalized spacial score (nSPS) is 10.2. The summed E-state index contributed by atoms with van der Waals surface area (Å²) >= 11 is 3.08. The number of esters is 1. The van der Waals surface area contributed by atoms with Crippen LogP contribution in [0.15, 0.2) is 0 Å². The molecule has 1 aromatic rings. The second-order valence-electron chi connectivity index (χ2n) is 3.24. The molecule has 1 rings (SSSR count). The molecule has 0 amide bonds. The average molecular weight is 275 g/mol. The Morgan fingerprint density at radius 2 is 2.41 bits per heavy atom. The summed E-state index contributed by atoms with van der Waals surface area (Å²) in [5.41, 5.74) is 5.97. The van der Waals surface area contributed by atoms with Crippen molar-refractivity contribution in [2.45, 2.75) is 13.3 Å². The van der Waals surface area contributed by atoms with Crippen LogP contribution in [-0.2, 0) is 4.74 Å². The predicted molar refractivity (Wildman–Crippen MR) is 74.0 cm³/mol. The molecule has 0 saturated carbocycles. The monoisotopic (exact) mass is 275 g/mol. The molecule has 96 valence electrons. The molecule has 3 N–H and O–H groups in total. The topological polar surface area (TPSA) is 77.2 Å². The van der Waals surface area contributed by atoms with Crippen LogP contribution in [0.1, 0.15) is 23.7 Å². The smallest absolute Gasteiger partial charge is 0.344 e. The third-order valence-corrected chi connectivity index (χ3v) is 3.87. The molecule has 17 heavy (non-hydrogen) atoms. The van der Waals surface area contributed by atoms with E-state index >= 15 is 0 Å². The number of anilines is 2. The molecular weight excluding hydrogens is 258 g/mol. The van der Waals surface area contributed by atoms with Crippen molar-refractivity contribution < 1.29 is 9.53 Å². The number of nitrogens with zero attached hydrogens (tertiary/aromatic N) is 1. The minimum Gasteiger partial charge on any atom is -0.465 e. The Hall–Kier alpha value is -0.950. The quantitative estimate of drug-likeness (QED) is 0.586. The number of thioether (sulfide) groups is 1. The number of methoxy groups -OCH3 is 1. The summed E-state index contributed by atoms with van der Waals surface area (Å²) in [5, 5.41) is 3.86. The van der Waals surface area contributed by atoms with E-state index in [0.29, 0.717) is 10.6 Å². The van der Waals surface area contributed by atoms with Crippen molar-refractivity contribution in [1.29, 1.82) is 0 Å². The molecule has 0 aliphatic carbocycles. The Bertz CT molecular complexity index is 368. The van der Waals surface area contributed by atoms with Gasteiger partial charge in [0.05, 0.1) is 7.11 Å². The zero-order valence-corrected chi connectivity index (χ0v) is 11.6. The Labute approximate surface area is 109 Å². The van der Waals surface area contributed by atoms with Crippen LogP contribution in [0.25, 0.3) is 0 Å². The van der Waals surface area contributed by atoms with Gasteiger partial charge < -0.3 is 15.8 Å². The van der Waals surface area contributed by atoms with Crippen LogP contribution in [-0.4, -0.2) is 35.5 Å². The maximum absolute atomic E-state index is 11.5. The molecule has 0 aromatic carbocycles. The van der Waals surface area contributed by atoms with Crippen LogP contribution in [0, 0.1) is 0 Å². The summed E-state index contributed by atoms with van der Waals surface area (Å²) in [4.78, 5) is 11.5. The van der Waals surface area contributed by atoms with E-state index in [0.717, 1.165) is 24.5 Å². The fraction of sp³-hybridized carbons (Fsp3) is 0.600. The highest BCUT2D eigenvalue weighted by Gasteiger charge is 2.19. The molecule has 0 saturated heterocycles. The average Bonchev–Trinajstić information content (AvgIpc) is 2.69. The van der Waals surface area contributed by atoms with Crippen molar-refractivity contribution in [2.75, 3.05) is 36.2 Å². The van der Waals surface area contributed by atoms with Gasteiger partial charge in [0.25, 0.3) is 0 Å². The van der Waals surface area contributed by atoms with E-state index in [1.165, 1.54) is 18.6 Å². The summed E-state index contributed by atoms with van der Waals surface area (Å²) in [5.74, 6) is 2.01. The van der Waals surface area contributed by atoms with E-state index in [-0.39, 0.29) is 5.82 Å². The maximum Gasteiger partial charge on any atom is 0.344 e. The number of nitrogens with one attached hydrogen (secondary N) is 1. The van der Waals surface area contributed by atoms with E-state index in [2.05, 4.69) is 21.4 Å². The van der Waals surface area contributed by atoms with Gasteiger partial charge in [0, 0.05) is 6.54 Å². The Morgan fingerprint density at radius 3 is 3.06 bits per heavy atom. The highest BCUT2D eigenvalue weighted by atomic mass is 32.2. The van der Waals surface area contributed by atoms with Gasteiger partial charge in [-0.25, -0.2) is 4.79 Å². The molecule has 0 aliphatic rings. The molecule has 0 fully saturated rings. The predicted octanol–water partition coefficient (Wildman–Crippen LogP) is 2.07. The first kappa shape index (κ1) is 14.1. The molecular formula is C10H17N3O2S2. The van der Waals surface area contributed by atoms with Crippen LogP contribution in [0.5, 0.6) is 0 Å². The Morgan fingerprint density at radius 1 is 1.65 bits per heavy atom. The Kier molecular flexibility index (Phi) is 6.13. The standard InChI is InChI=1S/C10H17N3O2S2/c1-3-16-6-4-5-12-9-7(10(14)15-2)8(11)13-17-9/h12H,3-6H2,1-2H3,(H2,11,13). The lowest BCUT2D eigenvalue weighted by molar-refractivity contribution is 0.0603. The largest absolute Gasteiger partial charge is 0.465 e. The molecule has 1 heterocycles. The number of carbonyl (C=O) groups is 1. The van der Waals surface area contributed by atoms with Gasteiger partial charge >= 0.3 is 5.97 Å². The van der Waals surface area contributed by atoms with Crippen LogP contribution >= 0.6 is 23.3 Å². The fourth-order valence-electron chi connectivity index (χ4n) is 1.24. The van der Waals surface area contributed by atoms with E-state index in [1.54, 1.807) is 0 Å². The van der Waals surface area contributed by atoms with Gasteiger partial charge in [0.1, 0.15) is 10.6 Å². The number of hydrogen-bond acceptors (Lipinski definition) is 7. The number of nitrogens with two attached hydrogens (primary N) is 1. The third-order valence-electron chi connectivity index (χ3n) is 2.06. The number of carbonyl (C=O) groups excluding carboxylic acids is 1. The van der Waals surface area contributed by atoms with E-state index in [1.807, 2.05) is 11.8 Å². The molecule has 0 radical (unpaired) electrons. The molecule has 5 nitrogen and oxygen atoms in total. The van der Waals surface area contributed by atoms with Gasteiger partial charge in [-0.3, -0.25) is 0 Å². The lowest BCUT2D eigenvalue weighted by Crippen LogP contribution is -2.09. The second kappa shape index (κ2) is 7.39. The molecule has 1 aromatic heterocycles. The second-order valence-corrected chi connectivity index (χ2v) is 5.41. The van der Waals surface area contributed by atoms with E-state index < -0.39 is 5.97 Å². The summed E-state index contributed by atoms with van der Waals surface area (Å²) < 4.78 is 8.62. The van der Waals surface area contributed by atoms with Gasteiger partial charge in [-0.1, -0.05) is 6.92 Å². The minimum atomic E-state index is -0.443. The maximum atomic E-state index is 11.5. The van der Waals surface area contributed by atoms with Gasteiger partial charge in [0.2, 0.25) is 0 Å². The number of hydrogen-bond donors (Lipinski definition) is 2. The summed E-state index contributed by atoms with van der Waals surface area (Å²) in [7, 11) is 1.33. The first-order chi connectivity index (χ1) is 8.20. The molecule has 0 atom stereocenters. The summed E-state index contributed by atoms with van der Waals surface area (Å²) in [6.07, 6.45) is 1.04. The number of aromatic nitrogens is 1. The first-order valence-corrected chi connectivity index (χ1v) is 7.28. The van der Waals surface area contributed by atoms with Gasteiger partial charge in [0.15, 0.2) is 5.82 Å². The van der Waals surface area contributed by atoms with Crippen LogP contribution < -0.4 is 11.1 Å². The van der Waals surface area contributed by atoms with Gasteiger partial charge in [-0.15, -0.1) is 0 Å². The van der Waals surface area contributed by atoms with E-state index in [9.17, 15) is 4.79 Å². The highest BCUT2D eigenvalue weighted by molar-refractivity contribution is 7.99. The van der Waals surface area contributed by atoms with Crippen LogP contribution in [0.3, 0.4) is 0 Å². The summed E-state index contributed by atoms with van der Waals surface area (Å²) in [6.45, 7) is 2.94. The third kappa shape index (κ3) is 4.08. The Balaban J connectivity index is 2.50. The molecule has 7 heteroatoms. The highest BCUT2D eigenvalue weighted by Crippen LogP contribution is 2.27. The summed E-state index contributed by atoms with van der Waals surface area (Å²) in [6, 6.07) is 0. The van der Waals surface area contributed by atoms with Crippen molar-refractivity contribution >= 4 is 40.1 Å². The lowest BCUT2D eigenvalue weighted by Gasteiger charge is -2.05. The molecule has 0 spiro atoms. The van der Waals surface area contributed by atoms with Crippen LogP contribution in [0.4, 0.5) is 10.8 Å². The zero-order chi connectivity index (χ0) is 12.7. The SMILES string of the molecule is CCSCCCNc1snc(N)c1C(=O)OC. The van der Waals surface area contributed by atoms with Crippen molar-refractivity contribution in [3.63, 3.8) is 0 Å². The van der Waals surface area contributed by atoms with Gasteiger partial charge in [-0.2, -0.15) is 16.1 Å². The molecule has 0 unspecified atom stereocenters. The number of ether oxygens (including phenoxy) is 1. The zero-order valence-electron chi connectivity index (χ0n) is 9.99. The number of nitrogen functional groups attached to an aromatic ring is 1. The van der Waals surface area contributed by atoms with Crippen molar-refractivity contribution in [3.8, 4) is 0 Å². The minimum absolute atomic E-state index is 0.229. The lowest BCUT2D eigenvalue weighted by atomic mass is 10.3. The molecule has 0 aliphatic heterocycles. The molecule has 0 bridgehead atoms. The van der Waals surface area contributed by atoms with E-state index in [4.69, 9.17) is 5.73 Å². The van der Waals surface area contributed by atoms with Crippen molar-refractivity contribution in [3.05, 3.63) is 5.56 Å². The van der Waals surface area contributed by atoms with Crippen molar-refractivity contribution in [1.82, 2.24) is 4.37 Å². The van der Waals surface area contributed by atoms with Crippen molar-refractivity contribution in [2.24, 2.45) is 0 Å². The fourth-order valence-corrected chi connectivity index (χ4v) is 2.61. The van der Waals surface area contributed by atoms with Gasteiger partial charge in [-0.05, 0) is 29.5 Å². The van der Waals surface area contributed by atoms with Crippen LogP contribution in [0.2, 0.25) is 0 Å².